The van der Waals surface area contributed by atoms with Crippen LogP contribution in [0, 0.1) is 0 Å². The van der Waals surface area contributed by atoms with Gasteiger partial charge in [0.15, 0.2) is 0 Å². The first-order valence-electron chi connectivity index (χ1n) is 9.80. The molecule has 0 radical (unpaired) electrons. The zero-order valence-electron chi connectivity index (χ0n) is 16.5. The minimum absolute atomic E-state index is 0.0126. The Morgan fingerprint density at radius 1 is 1.00 bits per heavy atom. The van der Waals surface area contributed by atoms with Gasteiger partial charge in [-0.15, -0.1) is 0 Å². The van der Waals surface area contributed by atoms with Gasteiger partial charge in [0.05, 0.1) is 11.6 Å². The molecule has 0 aromatic heterocycles. The van der Waals surface area contributed by atoms with E-state index in [4.69, 9.17) is 4.74 Å². The molecular weight excluding hydrogens is 407 g/mol. The summed E-state index contributed by atoms with van der Waals surface area (Å²) in [7, 11) is 0. The van der Waals surface area contributed by atoms with E-state index < -0.39 is 23.9 Å². The molecule has 0 bridgehead atoms. The van der Waals surface area contributed by atoms with E-state index in [0.717, 1.165) is 29.3 Å². The summed E-state index contributed by atoms with van der Waals surface area (Å²) < 4.78 is 45.5. The quantitative estimate of drug-likeness (QED) is 0.584. The number of amides is 1. The standard InChI is InChI=1S/C24H20F3NO3/c25-24(26,27)18-10-11-21(29)20(14-18)22-19-9-5-4-8-17(19)12-13-28(22)23(30)31-15-16-6-2-1-3-7-16/h1-11,14,22,29H,12-13,15H2. The molecule has 4 rings (SSSR count). The Morgan fingerprint density at radius 2 is 1.71 bits per heavy atom. The molecule has 31 heavy (non-hydrogen) atoms. The van der Waals surface area contributed by atoms with Crippen molar-refractivity contribution in [3.8, 4) is 5.75 Å². The van der Waals surface area contributed by atoms with Gasteiger partial charge in [-0.2, -0.15) is 13.2 Å². The van der Waals surface area contributed by atoms with Gasteiger partial charge < -0.3 is 9.84 Å². The molecule has 1 atom stereocenters. The molecule has 0 fully saturated rings. The fraction of sp³-hybridized carbons (Fsp3) is 0.208. The van der Waals surface area contributed by atoms with E-state index in [2.05, 4.69) is 0 Å². The number of hydrogen-bond acceptors (Lipinski definition) is 3. The first-order chi connectivity index (χ1) is 14.8. The first-order valence-corrected chi connectivity index (χ1v) is 9.80. The van der Waals surface area contributed by atoms with Crippen molar-refractivity contribution >= 4 is 6.09 Å². The van der Waals surface area contributed by atoms with Crippen LogP contribution in [-0.2, 0) is 23.9 Å². The Balaban J connectivity index is 1.71. The highest BCUT2D eigenvalue weighted by Crippen LogP contribution is 2.42. The Hall–Kier alpha value is -3.48. The van der Waals surface area contributed by atoms with Crippen LogP contribution in [-0.4, -0.2) is 22.6 Å². The summed E-state index contributed by atoms with van der Waals surface area (Å²) in [6.45, 7) is 0.296. The molecule has 1 unspecified atom stereocenters. The van der Waals surface area contributed by atoms with Crippen molar-refractivity contribution in [1.29, 1.82) is 0 Å². The molecule has 0 saturated carbocycles. The summed E-state index contributed by atoms with van der Waals surface area (Å²) in [5.41, 5.74) is 1.50. The molecule has 0 aliphatic carbocycles. The lowest BCUT2D eigenvalue weighted by atomic mass is 9.87. The maximum atomic E-state index is 13.3. The topological polar surface area (TPSA) is 49.8 Å². The van der Waals surface area contributed by atoms with E-state index in [1.165, 1.54) is 4.90 Å². The lowest BCUT2D eigenvalue weighted by molar-refractivity contribution is -0.137. The summed E-state index contributed by atoms with van der Waals surface area (Å²) in [6.07, 6.45) is -4.69. The third-order valence-corrected chi connectivity index (χ3v) is 5.37. The summed E-state index contributed by atoms with van der Waals surface area (Å²) >= 11 is 0. The molecule has 0 saturated heterocycles. The van der Waals surface area contributed by atoms with Crippen molar-refractivity contribution in [2.75, 3.05) is 6.54 Å². The van der Waals surface area contributed by atoms with Crippen molar-refractivity contribution < 1.29 is 27.8 Å². The Bertz CT molecular complexity index is 1080. The average Bonchev–Trinajstić information content (AvgIpc) is 2.77. The highest BCUT2D eigenvalue weighted by molar-refractivity contribution is 5.70. The second-order valence-electron chi connectivity index (χ2n) is 7.36. The van der Waals surface area contributed by atoms with Gasteiger partial charge in [-0.3, -0.25) is 4.90 Å². The number of nitrogens with zero attached hydrogens (tertiary/aromatic N) is 1. The lowest BCUT2D eigenvalue weighted by Gasteiger charge is -2.37. The van der Waals surface area contributed by atoms with E-state index >= 15 is 0 Å². The average molecular weight is 427 g/mol. The Morgan fingerprint density at radius 3 is 2.45 bits per heavy atom. The monoisotopic (exact) mass is 427 g/mol. The van der Waals surface area contributed by atoms with Gasteiger partial charge in [0, 0.05) is 12.1 Å². The van der Waals surface area contributed by atoms with Crippen LogP contribution in [0.4, 0.5) is 18.0 Å². The molecule has 1 amide bonds. The summed E-state index contributed by atoms with van der Waals surface area (Å²) in [5.74, 6) is -0.310. The molecule has 160 valence electrons. The van der Waals surface area contributed by atoms with Crippen LogP contribution in [0.3, 0.4) is 0 Å². The van der Waals surface area contributed by atoms with E-state index in [-0.39, 0.29) is 24.5 Å². The van der Waals surface area contributed by atoms with Gasteiger partial charge >= 0.3 is 12.3 Å². The number of rotatable bonds is 3. The zero-order chi connectivity index (χ0) is 22.0. The smallest absolute Gasteiger partial charge is 0.416 e. The number of phenols is 1. The van der Waals surface area contributed by atoms with Gasteiger partial charge in [-0.05, 0) is 41.3 Å². The number of carbonyl (C=O) groups is 1. The van der Waals surface area contributed by atoms with Crippen molar-refractivity contribution in [2.45, 2.75) is 25.2 Å². The molecule has 3 aromatic rings. The fourth-order valence-corrected chi connectivity index (χ4v) is 3.85. The number of hydrogen-bond donors (Lipinski definition) is 1. The van der Waals surface area contributed by atoms with Crippen LogP contribution in [0.15, 0.2) is 72.8 Å². The number of carbonyl (C=O) groups excluding carboxylic acids is 1. The summed E-state index contributed by atoms with van der Waals surface area (Å²) in [4.78, 5) is 14.3. The van der Waals surface area contributed by atoms with Gasteiger partial charge in [0.1, 0.15) is 12.4 Å². The third kappa shape index (κ3) is 4.35. The molecule has 1 aliphatic heterocycles. The van der Waals surface area contributed by atoms with Gasteiger partial charge in [0.2, 0.25) is 0 Å². The SMILES string of the molecule is O=C(OCc1ccccc1)N1CCc2ccccc2C1c1cc(C(F)(F)F)ccc1O. The normalized spacial score (nSPS) is 16.0. The first kappa shape index (κ1) is 20.8. The minimum Gasteiger partial charge on any atom is -0.508 e. The van der Waals surface area contributed by atoms with Gasteiger partial charge in [0.25, 0.3) is 0 Å². The van der Waals surface area contributed by atoms with Crippen molar-refractivity contribution in [3.63, 3.8) is 0 Å². The number of phenolic OH excluding ortho intramolecular Hbond substituents is 1. The molecule has 4 nitrogen and oxygen atoms in total. The van der Waals surface area contributed by atoms with E-state index in [0.29, 0.717) is 12.0 Å². The van der Waals surface area contributed by atoms with Crippen LogP contribution in [0.5, 0.6) is 5.75 Å². The second kappa shape index (κ2) is 8.34. The lowest BCUT2D eigenvalue weighted by Crippen LogP contribution is -2.41. The predicted octanol–water partition coefficient (Wildman–Crippen LogP) is 5.70. The van der Waals surface area contributed by atoms with Crippen LogP contribution >= 0.6 is 0 Å². The zero-order valence-corrected chi connectivity index (χ0v) is 16.5. The van der Waals surface area contributed by atoms with Crippen molar-refractivity contribution in [2.24, 2.45) is 0 Å². The van der Waals surface area contributed by atoms with Crippen LogP contribution in [0.25, 0.3) is 0 Å². The maximum Gasteiger partial charge on any atom is 0.416 e. The second-order valence-corrected chi connectivity index (χ2v) is 7.36. The maximum absolute atomic E-state index is 13.3. The predicted molar refractivity (Wildman–Crippen MR) is 108 cm³/mol. The number of aromatic hydroxyl groups is 1. The molecule has 7 heteroatoms. The van der Waals surface area contributed by atoms with Crippen LogP contribution in [0.1, 0.15) is 33.9 Å². The number of benzene rings is 3. The molecular formula is C24H20F3NO3. The number of fused-ring (bicyclic) bond motifs is 1. The molecule has 1 aliphatic rings. The number of alkyl halides is 3. The Kier molecular flexibility index (Phi) is 5.59. The highest BCUT2D eigenvalue weighted by atomic mass is 19.4. The van der Waals surface area contributed by atoms with E-state index in [9.17, 15) is 23.1 Å². The largest absolute Gasteiger partial charge is 0.508 e. The van der Waals surface area contributed by atoms with Gasteiger partial charge in [-0.1, -0.05) is 54.6 Å². The van der Waals surface area contributed by atoms with Gasteiger partial charge in [-0.25, -0.2) is 4.79 Å². The van der Waals surface area contributed by atoms with E-state index in [1.807, 2.05) is 42.5 Å². The number of ether oxygens (including phenoxy) is 1. The van der Waals surface area contributed by atoms with Crippen LogP contribution in [0.2, 0.25) is 0 Å². The molecule has 1 heterocycles. The molecule has 0 spiro atoms. The van der Waals surface area contributed by atoms with Crippen molar-refractivity contribution in [3.05, 3.63) is 101 Å². The minimum atomic E-state index is -4.57. The summed E-state index contributed by atoms with van der Waals surface area (Å²) in [5, 5.41) is 10.4. The fourth-order valence-electron chi connectivity index (χ4n) is 3.85. The molecule has 3 aromatic carbocycles. The summed E-state index contributed by atoms with van der Waals surface area (Å²) in [6, 6.07) is 18.2. The molecule has 1 N–H and O–H groups in total. The van der Waals surface area contributed by atoms with Crippen LogP contribution < -0.4 is 0 Å². The third-order valence-electron chi connectivity index (χ3n) is 5.37. The Labute approximate surface area is 177 Å². The number of halogens is 3. The highest BCUT2D eigenvalue weighted by Gasteiger charge is 2.37. The van der Waals surface area contributed by atoms with E-state index in [1.54, 1.807) is 12.1 Å². The van der Waals surface area contributed by atoms with Crippen molar-refractivity contribution in [1.82, 2.24) is 4.90 Å².